The van der Waals surface area contributed by atoms with Gasteiger partial charge in [-0.3, -0.25) is 0 Å². The number of nitrogens with two attached hydrogens (primary N) is 1. The standard InChI is InChI=1S/C13H18INO3/c1-9(2)8-13(17-3,18-12(15)16)10-5-4-6-11(14)7-10/h4-7,9H,8H2,1-3H3,(H2,15,16)/t13-/m1/s1. The summed E-state index contributed by atoms with van der Waals surface area (Å²) in [5, 5.41) is 0. The van der Waals surface area contributed by atoms with Crippen molar-refractivity contribution in [2.45, 2.75) is 26.1 Å². The van der Waals surface area contributed by atoms with E-state index in [1.807, 2.05) is 38.1 Å². The van der Waals surface area contributed by atoms with Gasteiger partial charge in [-0.2, -0.15) is 0 Å². The molecule has 1 aromatic carbocycles. The monoisotopic (exact) mass is 363 g/mol. The summed E-state index contributed by atoms with van der Waals surface area (Å²) in [4.78, 5) is 11.1. The van der Waals surface area contributed by atoms with Gasteiger partial charge in [-0.25, -0.2) is 4.79 Å². The van der Waals surface area contributed by atoms with Gasteiger partial charge in [0.15, 0.2) is 0 Å². The number of ether oxygens (including phenoxy) is 2. The van der Waals surface area contributed by atoms with Gasteiger partial charge in [0.05, 0.1) is 0 Å². The lowest BCUT2D eigenvalue weighted by molar-refractivity contribution is -0.202. The van der Waals surface area contributed by atoms with Crippen LogP contribution in [0, 0.1) is 9.49 Å². The van der Waals surface area contributed by atoms with Crippen LogP contribution in [0.1, 0.15) is 25.8 Å². The molecule has 0 spiro atoms. The van der Waals surface area contributed by atoms with Crippen LogP contribution in [0.2, 0.25) is 0 Å². The Labute approximate surface area is 121 Å². The van der Waals surface area contributed by atoms with Crippen LogP contribution in [0.25, 0.3) is 0 Å². The molecule has 18 heavy (non-hydrogen) atoms. The van der Waals surface area contributed by atoms with Crippen molar-refractivity contribution in [3.63, 3.8) is 0 Å². The molecule has 1 aromatic rings. The molecule has 1 amide bonds. The molecule has 1 atom stereocenters. The fraction of sp³-hybridized carbons (Fsp3) is 0.462. The van der Waals surface area contributed by atoms with E-state index in [4.69, 9.17) is 15.2 Å². The molecule has 0 unspecified atom stereocenters. The average Bonchev–Trinajstić information content (AvgIpc) is 2.26. The van der Waals surface area contributed by atoms with Crippen LogP contribution in [0.4, 0.5) is 4.79 Å². The van der Waals surface area contributed by atoms with Crippen molar-refractivity contribution < 1.29 is 14.3 Å². The zero-order valence-corrected chi connectivity index (χ0v) is 12.9. The first-order valence-corrected chi connectivity index (χ1v) is 6.77. The molecule has 4 nitrogen and oxygen atoms in total. The molecule has 0 heterocycles. The van der Waals surface area contributed by atoms with E-state index >= 15 is 0 Å². The second-order valence-corrected chi connectivity index (χ2v) is 5.73. The van der Waals surface area contributed by atoms with Gasteiger partial charge in [0.25, 0.3) is 0 Å². The molecule has 5 heteroatoms. The first-order chi connectivity index (χ1) is 8.39. The van der Waals surface area contributed by atoms with Gasteiger partial charge in [-0.1, -0.05) is 26.0 Å². The number of benzene rings is 1. The first-order valence-electron chi connectivity index (χ1n) is 5.69. The van der Waals surface area contributed by atoms with E-state index in [0.29, 0.717) is 12.3 Å². The van der Waals surface area contributed by atoms with Crippen molar-refractivity contribution in [2.75, 3.05) is 7.11 Å². The fourth-order valence-corrected chi connectivity index (χ4v) is 2.43. The summed E-state index contributed by atoms with van der Waals surface area (Å²) >= 11 is 2.20. The van der Waals surface area contributed by atoms with Crippen molar-refractivity contribution in [3.8, 4) is 0 Å². The third-order valence-corrected chi connectivity index (χ3v) is 3.21. The molecule has 0 radical (unpaired) electrons. The number of carbonyl (C=O) groups is 1. The van der Waals surface area contributed by atoms with Gasteiger partial charge in [0.2, 0.25) is 5.79 Å². The second-order valence-electron chi connectivity index (χ2n) is 4.49. The number of carbonyl (C=O) groups excluding carboxylic acids is 1. The Bertz CT molecular complexity index is 422. The molecule has 0 aliphatic carbocycles. The molecule has 0 saturated heterocycles. The lowest BCUT2D eigenvalue weighted by Gasteiger charge is -2.33. The first kappa shape index (κ1) is 15.2. The second kappa shape index (κ2) is 6.38. The minimum absolute atomic E-state index is 0.294. The molecule has 2 N–H and O–H groups in total. The van der Waals surface area contributed by atoms with Crippen LogP contribution in [-0.2, 0) is 15.3 Å². The molecule has 0 aliphatic rings. The van der Waals surface area contributed by atoms with E-state index in [2.05, 4.69) is 22.6 Å². The molecule has 0 fully saturated rings. The van der Waals surface area contributed by atoms with Crippen LogP contribution in [0.5, 0.6) is 0 Å². The van der Waals surface area contributed by atoms with Gasteiger partial charge in [-0.15, -0.1) is 0 Å². The van der Waals surface area contributed by atoms with Crippen LogP contribution in [0.3, 0.4) is 0 Å². The number of methoxy groups -OCH3 is 1. The van der Waals surface area contributed by atoms with Gasteiger partial charge >= 0.3 is 6.09 Å². The zero-order chi connectivity index (χ0) is 13.8. The number of hydrogen-bond donors (Lipinski definition) is 1. The molecule has 100 valence electrons. The number of amides is 1. The Hall–Kier alpha value is -0.820. The maximum Gasteiger partial charge on any atom is 0.407 e. The molecule has 0 aliphatic heterocycles. The Morgan fingerprint density at radius 1 is 1.50 bits per heavy atom. The SMILES string of the molecule is CO[C@](CC(C)C)(OC(N)=O)c1cccc(I)c1. The fourth-order valence-electron chi connectivity index (χ4n) is 1.89. The normalized spacial score (nSPS) is 14.3. The predicted octanol–water partition coefficient (Wildman–Crippen LogP) is 3.23. The summed E-state index contributed by atoms with van der Waals surface area (Å²) < 4.78 is 11.8. The maximum atomic E-state index is 11.1. The van der Waals surface area contributed by atoms with Crippen LogP contribution in [-0.4, -0.2) is 13.2 Å². The van der Waals surface area contributed by atoms with Gasteiger partial charge in [-0.05, 0) is 40.6 Å². The van der Waals surface area contributed by atoms with Crippen molar-refractivity contribution in [1.29, 1.82) is 0 Å². The van der Waals surface area contributed by atoms with E-state index in [1.165, 1.54) is 7.11 Å². The molecule has 1 rings (SSSR count). The largest absolute Gasteiger partial charge is 0.413 e. The molecular formula is C13H18INO3. The maximum absolute atomic E-state index is 11.1. The summed E-state index contributed by atoms with van der Waals surface area (Å²) in [5.41, 5.74) is 5.96. The highest BCUT2D eigenvalue weighted by molar-refractivity contribution is 14.1. The summed E-state index contributed by atoms with van der Waals surface area (Å²) in [7, 11) is 1.52. The Balaban J connectivity index is 3.20. The lowest BCUT2D eigenvalue weighted by atomic mass is 9.95. The summed E-state index contributed by atoms with van der Waals surface area (Å²) in [6, 6.07) is 7.66. The zero-order valence-electron chi connectivity index (χ0n) is 10.8. The number of rotatable bonds is 5. The van der Waals surface area contributed by atoms with Crippen molar-refractivity contribution in [3.05, 3.63) is 33.4 Å². The van der Waals surface area contributed by atoms with Crippen molar-refractivity contribution >= 4 is 28.7 Å². The van der Waals surface area contributed by atoms with Gasteiger partial charge in [0, 0.05) is 22.7 Å². The van der Waals surface area contributed by atoms with E-state index < -0.39 is 11.9 Å². The lowest BCUT2D eigenvalue weighted by Crippen LogP contribution is -2.38. The Morgan fingerprint density at radius 2 is 2.17 bits per heavy atom. The van der Waals surface area contributed by atoms with E-state index in [-0.39, 0.29) is 0 Å². The molecular weight excluding hydrogens is 345 g/mol. The topological polar surface area (TPSA) is 61.6 Å². The molecule has 0 bridgehead atoms. The minimum atomic E-state index is -1.11. The van der Waals surface area contributed by atoms with Crippen molar-refractivity contribution in [2.24, 2.45) is 11.7 Å². The van der Waals surface area contributed by atoms with Crippen LogP contribution >= 0.6 is 22.6 Å². The summed E-state index contributed by atoms with van der Waals surface area (Å²) in [5.74, 6) is -0.816. The number of primary amides is 1. The van der Waals surface area contributed by atoms with E-state index in [1.54, 1.807) is 0 Å². The number of halogens is 1. The third-order valence-electron chi connectivity index (χ3n) is 2.54. The Kier molecular flexibility index (Phi) is 5.40. The highest BCUT2D eigenvalue weighted by Gasteiger charge is 2.37. The third kappa shape index (κ3) is 3.84. The Morgan fingerprint density at radius 3 is 2.61 bits per heavy atom. The van der Waals surface area contributed by atoms with Crippen LogP contribution in [0.15, 0.2) is 24.3 Å². The smallest absolute Gasteiger partial charge is 0.407 e. The number of hydrogen-bond acceptors (Lipinski definition) is 3. The summed E-state index contributed by atoms with van der Waals surface area (Å²) in [6.45, 7) is 4.07. The average molecular weight is 363 g/mol. The predicted molar refractivity (Wildman–Crippen MR) is 78.0 cm³/mol. The van der Waals surface area contributed by atoms with E-state index in [9.17, 15) is 4.79 Å². The highest BCUT2D eigenvalue weighted by Crippen LogP contribution is 2.34. The highest BCUT2D eigenvalue weighted by atomic mass is 127. The molecule has 0 aromatic heterocycles. The van der Waals surface area contributed by atoms with Crippen molar-refractivity contribution in [1.82, 2.24) is 0 Å². The van der Waals surface area contributed by atoms with E-state index in [0.717, 1.165) is 9.13 Å². The van der Waals surface area contributed by atoms with Crippen LogP contribution < -0.4 is 5.73 Å². The minimum Gasteiger partial charge on any atom is -0.413 e. The van der Waals surface area contributed by atoms with Gasteiger partial charge in [0.1, 0.15) is 0 Å². The molecule has 0 saturated carbocycles. The quantitative estimate of drug-likeness (QED) is 0.646. The summed E-state index contributed by atoms with van der Waals surface area (Å²) in [6.07, 6.45) is -0.289. The van der Waals surface area contributed by atoms with Gasteiger partial charge < -0.3 is 15.2 Å².